The van der Waals surface area contributed by atoms with Crippen molar-refractivity contribution < 1.29 is 14.6 Å². The largest absolute Gasteiger partial charge is 0.511 e. The smallest absolute Gasteiger partial charge is 0.449 e. The number of carbonyl (C=O) groups is 1. The predicted octanol–water partition coefficient (Wildman–Crippen LogP) is -0.290. The molecule has 14 heavy (non-hydrogen) atoms. The average molecular weight is 199 g/mol. The molecule has 1 aromatic rings. The Balaban J connectivity index is 3.01. The lowest BCUT2D eigenvalue weighted by atomic mass is 10.4. The van der Waals surface area contributed by atoms with E-state index in [1.54, 1.807) is 0 Å². The number of pyridine rings is 1. The van der Waals surface area contributed by atoms with Gasteiger partial charge in [0.05, 0.1) is 6.20 Å². The molecule has 0 saturated heterocycles. The highest BCUT2D eigenvalue weighted by molar-refractivity contribution is 5.68. The molecule has 0 aliphatic carbocycles. The number of nitrogen functional groups attached to an aromatic ring is 2. The van der Waals surface area contributed by atoms with Crippen LogP contribution in [-0.4, -0.2) is 16.2 Å². The third-order valence-electron chi connectivity index (χ3n) is 1.37. The lowest BCUT2D eigenvalue weighted by Crippen LogP contribution is -2.14. The van der Waals surface area contributed by atoms with Gasteiger partial charge in [0.25, 0.3) is 0 Å². The SMILES string of the molecule is NNc1cc(OC(=O)O)c(NN)cn1. The molecule has 0 aliphatic rings. The standard InChI is InChI=1S/C6H9N5O3/c7-10-3-2-9-5(11-8)1-4(3)14-6(12)13/h1-2,10H,7-8H2,(H,9,11)(H,12,13). The highest BCUT2D eigenvalue weighted by Gasteiger charge is 2.08. The summed E-state index contributed by atoms with van der Waals surface area (Å²) in [5, 5.41) is 8.39. The van der Waals surface area contributed by atoms with Crippen molar-refractivity contribution in [3.8, 4) is 5.75 Å². The number of hydrogen-bond donors (Lipinski definition) is 5. The maximum Gasteiger partial charge on any atom is 0.511 e. The summed E-state index contributed by atoms with van der Waals surface area (Å²) in [7, 11) is 0. The van der Waals surface area contributed by atoms with Crippen LogP contribution in [0.1, 0.15) is 0 Å². The van der Waals surface area contributed by atoms with Crippen molar-refractivity contribution in [3.05, 3.63) is 12.3 Å². The number of carboxylic acid groups (broad SMARTS) is 1. The van der Waals surface area contributed by atoms with Gasteiger partial charge in [-0.2, -0.15) is 0 Å². The van der Waals surface area contributed by atoms with Crippen molar-refractivity contribution in [2.45, 2.75) is 0 Å². The Morgan fingerprint density at radius 2 is 2.21 bits per heavy atom. The Morgan fingerprint density at radius 3 is 2.71 bits per heavy atom. The molecule has 0 amide bonds. The van der Waals surface area contributed by atoms with Gasteiger partial charge >= 0.3 is 6.16 Å². The number of hydrazine groups is 2. The van der Waals surface area contributed by atoms with Crippen LogP contribution in [0, 0.1) is 0 Å². The fourth-order valence-corrected chi connectivity index (χ4v) is 0.803. The Labute approximate surface area is 78.8 Å². The van der Waals surface area contributed by atoms with Crippen LogP contribution in [0.15, 0.2) is 12.3 Å². The predicted molar refractivity (Wildman–Crippen MR) is 48.5 cm³/mol. The van der Waals surface area contributed by atoms with Gasteiger partial charge in [0.2, 0.25) is 0 Å². The van der Waals surface area contributed by atoms with Gasteiger partial charge in [-0.05, 0) is 0 Å². The number of ether oxygens (including phenoxy) is 1. The van der Waals surface area contributed by atoms with Crippen LogP contribution in [0.5, 0.6) is 5.75 Å². The second-order valence-corrected chi connectivity index (χ2v) is 2.22. The minimum Gasteiger partial charge on any atom is -0.449 e. The maximum atomic E-state index is 10.3. The molecule has 0 spiro atoms. The molecule has 8 heteroatoms. The molecule has 0 bridgehead atoms. The minimum atomic E-state index is -1.45. The van der Waals surface area contributed by atoms with E-state index in [1.165, 1.54) is 12.3 Å². The van der Waals surface area contributed by atoms with Gasteiger partial charge < -0.3 is 20.7 Å². The zero-order valence-corrected chi connectivity index (χ0v) is 7.02. The van der Waals surface area contributed by atoms with E-state index in [2.05, 4.69) is 20.6 Å². The number of nitrogens with zero attached hydrogens (tertiary/aromatic N) is 1. The topological polar surface area (TPSA) is 136 Å². The molecule has 1 heterocycles. The number of nitrogens with one attached hydrogen (secondary N) is 2. The summed E-state index contributed by atoms with van der Waals surface area (Å²) in [5.74, 6) is 10.5. The van der Waals surface area contributed by atoms with E-state index < -0.39 is 6.16 Å². The Morgan fingerprint density at radius 1 is 1.50 bits per heavy atom. The molecule has 0 radical (unpaired) electrons. The molecular formula is C6H9N5O3. The molecule has 76 valence electrons. The molecule has 1 aromatic heterocycles. The lowest BCUT2D eigenvalue weighted by molar-refractivity contribution is 0.144. The van der Waals surface area contributed by atoms with Gasteiger partial charge in [0.15, 0.2) is 5.75 Å². The van der Waals surface area contributed by atoms with Crippen molar-refractivity contribution in [1.29, 1.82) is 0 Å². The Bertz CT molecular complexity index is 342. The Kier molecular flexibility index (Phi) is 3.05. The third kappa shape index (κ3) is 2.21. The van der Waals surface area contributed by atoms with Crippen molar-refractivity contribution in [2.24, 2.45) is 11.7 Å². The summed E-state index contributed by atoms with van der Waals surface area (Å²) in [5.41, 5.74) is 4.71. The van der Waals surface area contributed by atoms with Gasteiger partial charge in [-0.3, -0.25) is 5.84 Å². The minimum absolute atomic E-state index is 0.0166. The van der Waals surface area contributed by atoms with E-state index in [1.807, 2.05) is 0 Å². The number of anilines is 2. The van der Waals surface area contributed by atoms with E-state index in [4.69, 9.17) is 16.8 Å². The fourth-order valence-electron chi connectivity index (χ4n) is 0.803. The lowest BCUT2D eigenvalue weighted by Gasteiger charge is -2.08. The van der Waals surface area contributed by atoms with Gasteiger partial charge in [-0.25, -0.2) is 15.6 Å². The molecular weight excluding hydrogens is 190 g/mol. The van der Waals surface area contributed by atoms with Crippen LogP contribution in [0.3, 0.4) is 0 Å². The summed E-state index contributed by atoms with van der Waals surface area (Å²) >= 11 is 0. The first kappa shape index (κ1) is 10.0. The molecule has 7 N–H and O–H groups in total. The van der Waals surface area contributed by atoms with Gasteiger partial charge in [-0.15, -0.1) is 0 Å². The van der Waals surface area contributed by atoms with Gasteiger partial charge in [0.1, 0.15) is 11.5 Å². The number of aromatic nitrogens is 1. The quantitative estimate of drug-likeness (QED) is 0.254. The summed E-state index contributed by atoms with van der Waals surface area (Å²) < 4.78 is 4.42. The second kappa shape index (κ2) is 4.25. The van der Waals surface area contributed by atoms with E-state index in [0.717, 1.165) is 0 Å². The average Bonchev–Trinajstić information content (AvgIpc) is 2.16. The summed E-state index contributed by atoms with van der Waals surface area (Å²) in [6.07, 6.45) is -0.163. The molecule has 1 rings (SSSR count). The van der Waals surface area contributed by atoms with Crippen molar-refractivity contribution in [2.75, 3.05) is 10.9 Å². The molecule has 0 fully saturated rings. The van der Waals surface area contributed by atoms with E-state index in [0.29, 0.717) is 0 Å². The van der Waals surface area contributed by atoms with Crippen LogP contribution in [0.25, 0.3) is 0 Å². The van der Waals surface area contributed by atoms with Crippen LogP contribution in [-0.2, 0) is 0 Å². The molecule has 0 atom stereocenters. The molecule has 0 aliphatic heterocycles. The van der Waals surface area contributed by atoms with Gasteiger partial charge in [-0.1, -0.05) is 0 Å². The molecule has 0 saturated carbocycles. The highest BCUT2D eigenvalue weighted by atomic mass is 16.7. The van der Waals surface area contributed by atoms with Crippen LogP contribution >= 0.6 is 0 Å². The summed E-state index contributed by atoms with van der Waals surface area (Å²) in [4.78, 5) is 14.1. The van der Waals surface area contributed by atoms with Crippen LogP contribution < -0.4 is 27.3 Å². The monoisotopic (exact) mass is 199 g/mol. The number of nitrogens with two attached hydrogens (primary N) is 2. The fraction of sp³-hybridized carbons (Fsp3) is 0. The van der Waals surface area contributed by atoms with Crippen molar-refractivity contribution in [3.63, 3.8) is 0 Å². The van der Waals surface area contributed by atoms with Gasteiger partial charge in [0, 0.05) is 6.07 Å². The zero-order chi connectivity index (χ0) is 10.6. The normalized spacial score (nSPS) is 9.29. The first-order valence-electron chi connectivity index (χ1n) is 3.51. The number of rotatable bonds is 3. The molecule has 8 nitrogen and oxygen atoms in total. The molecule has 0 unspecified atom stereocenters. The zero-order valence-electron chi connectivity index (χ0n) is 7.02. The summed E-state index contributed by atoms with van der Waals surface area (Å²) in [6.45, 7) is 0. The maximum absolute atomic E-state index is 10.3. The third-order valence-corrected chi connectivity index (χ3v) is 1.37. The van der Waals surface area contributed by atoms with E-state index >= 15 is 0 Å². The Hall–Kier alpha value is -2.06. The number of hydrogen-bond acceptors (Lipinski definition) is 7. The summed E-state index contributed by atoms with van der Waals surface area (Å²) in [6, 6.07) is 1.29. The highest BCUT2D eigenvalue weighted by Crippen LogP contribution is 2.24. The van der Waals surface area contributed by atoms with Crippen molar-refractivity contribution in [1.82, 2.24) is 4.98 Å². The van der Waals surface area contributed by atoms with Crippen LogP contribution in [0.4, 0.5) is 16.3 Å². The van der Waals surface area contributed by atoms with Crippen LogP contribution in [0.2, 0.25) is 0 Å². The molecule has 0 aromatic carbocycles. The van der Waals surface area contributed by atoms with E-state index in [9.17, 15) is 4.79 Å². The second-order valence-electron chi connectivity index (χ2n) is 2.22. The first-order chi connectivity index (χ1) is 6.67. The van der Waals surface area contributed by atoms with Crippen molar-refractivity contribution >= 4 is 17.7 Å². The first-order valence-corrected chi connectivity index (χ1v) is 3.51. The van der Waals surface area contributed by atoms with E-state index in [-0.39, 0.29) is 17.3 Å².